The summed E-state index contributed by atoms with van der Waals surface area (Å²) in [6, 6.07) is 17.0. The van der Waals surface area contributed by atoms with Crippen molar-refractivity contribution in [3.63, 3.8) is 0 Å². The molecule has 1 aliphatic rings. The number of benzene rings is 3. The molecule has 7 heteroatoms. The molecule has 0 aliphatic carbocycles. The van der Waals surface area contributed by atoms with Crippen LogP contribution in [0.4, 0.5) is 11.4 Å². The van der Waals surface area contributed by atoms with E-state index in [0.717, 1.165) is 0 Å². The molecule has 4 rings (SSSR count). The van der Waals surface area contributed by atoms with Crippen molar-refractivity contribution in [1.29, 1.82) is 0 Å². The lowest BCUT2D eigenvalue weighted by atomic mass is 10.1. The van der Waals surface area contributed by atoms with E-state index in [9.17, 15) is 9.59 Å². The van der Waals surface area contributed by atoms with Crippen molar-refractivity contribution in [2.45, 2.75) is 0 Å². The number of fused-ring (bicyclic) bond motifs is 2. The molecule has 0 spiro atoms. The van der Waals surface area contributed by atoms with E-state index in [4.69, 9.17) is 14.2 Å². The molecule has 29 heavy (non-hydrogen) atoms. The van der Waals surface area contributed by atoms with Gasteiger partial charge in [-0.25, -0.2) is 0 Å². The lowest BCUT2D eigenvalue weighted by molar-refractivity contribution is 0.101. The van der Waals surface area contributed by atoms with Crippen LogP contribution in [0.5, 0.6) is 23.0 Å². The number of hydrogen-bond acceptors (Lipinski definition) is 5. The van der Waals surface area contributed by atoms with Gasteiger partial charge in [-0.2, -0.15) is 0 Å². The Labute approximate surface area is 167 Å². The van der Waals surface area contributed by atoms with Crippen LogP contribution < -0.4 is 24.8 Å². The van der Waals surface area contributed by atoms with E-state index in [0.29, 0.717) is 45.5 Å². The highest BCUT2D eigenvalue weighted by atomic mass is 16.5. The average Bonchev–Trinajstić information content (AvgIpc) is 2.88. The molecule has 0 radical (unpaired) electrons. The predicted molar refractivity (Wildman–Crippen MR) is 108 cm³/mol. The van der Waals surface area contributed by atoms with Gasteiger partial charge in [-0.1, -0.05) is 12.1 Å². The topological polar surface area (TPSA) is 85.9 Å². The standard InChI is InChI=1S/C22H18N2O5/c1-27-19-9-7-13(11-20(19)28-2)21(25)23-14-8-10-17-15(12-14)22(26)24-16-5-3-4-6-18(16)29-17/h3-12H,1-2H3,(H,23,25)(H,24,26). The van der Waals surface area contributed by atoms with E-state index in [1.165, 1.54) is 14.2 Å². The molecule has 3 aromatic rings. The smallest absolute Gasteiger partial charge is 0.259 e. The molecule has 0 bridgehead atoms. The fourth-order valence-corrected chi connectivity index (χ4v) is 3.02. The van der Waals surface area contributed by atoms with Gasteiger partial charge in [0.25, 0.3) is 11.8 Å². The zero-order valence-corrected chi connectivity index (χ0v) is 15.8. The quantitative estimate of drug-likeness (QED) is 0.693. The normalized spacial score (nSPS) is 11.9. The van der Waals surface area contributed by atoms with Crippen LogP contribution in [0.2, 0.25) is 0 Å². The first-order valence-electron chi connectivity index (χ1n) is 8.84. The Morgan fingerprint density at radius 3 is 2.52 bits per heavy atom. The van der Waals surface area contributed by atoms with Crippen molar-refractivity contribution in [3.8, 4) is 23.0 Å². The van der Waals surface area contributed by atoms with Crippen LogP contribution in [0, 0.1) is 0 Å². The molecule has 1 heterocycles. The Morgan fingerprint density at radius 1 is 0.931 bits per heavy atom. The summed E-state index contributed by atoms with van der Waals surface area (Å²) in [5.74, 6) is 1.30. The zero-order chi connectivity index (χ0) is 20.4. The first-order chi connectivity index (χ1) is 14.1. The maximum atomic E-state index is 12.6. The zero-order valence-electron chi connectivity index (χ0n) is 15.8. The number of para-hydroxylation sites is 2. The Morgan fingerprint density at radius 2 is 1.72 bits per heavy atom. The highest BCUT2D eigenvalue weighted by Crippen LogP contribution is 2.36. The number of amides is 2. The van der Waals surface area contributed by atoms with Crippen LogP contribution >= 0.6 is 0 Å². The molecule has 0 saturated heterocycles. The number of ether oxygens (including phenoxy) is 3. The number of rotatable bonds is 4. The van der Waals surface area contributed by atoms with Gasteiger partial charge in [-0.05, 0) is 48.5 Å². The van der Waals surface area contributed by atoms with Gasteiger partial charge >= 0.3 is 0 Å². The fourth-order valence-electron chi connectivity index (χ4n) is 3.02. The first kappa shape index (κ1) is 18.4. The van der Waals surface area contributed by atoms with Crippen molar-refractivity contribution in [2.24, 2.45) is 0 Å². The minimum Gasteiger partial charge on any atom is -0.493 e. The molecule has 146 valence electrons. The molecule has 7 nitrogen and oxygen atoms in total. The van der Waals surface area contributed by atoms with Gasteiger partial charge in [0, 0.05) is 11.3 Å². The molecule has 2 amide bonds. The van der Waals surface area contributed by atoms with Gasteiger partial charge < -0.3 is 24.8 Å². The number of carbonyl (C=O) groups is 2. The van der Waals surface area contributed by atoms with Gasteiger partial charge in [0.2, 0.25) is 0 Å². The minimum absolute atomic E-state index is 0.313. The average molecular weight is 390 g/mol. The van der Waals surface area contributed by atoms with Crippen LogP contribution in [0.15, 0.2) is 60.7 Å². The third-order valence-electron chi connectivity index (χ3n) is 4.48. The second-order valence-electron chi connectivity index (χ2n) is 6.29. The molecule has 0 aromatic heterocycles. The molecule has 1 aliphatic heterocycles. The molecule has 0 saturated carbocycles. The SMILES string of the molecule is COc1ccc(C(=O)Nc2ccc3c(c2)C(=O)Nc2ccccc2O3)cc1OC. The largest absolute Gasteiger partial charge is 0.493 e. The molecule has 2 N–H and O–H groups in total. The van der Waals surface area contributed by atoms with E-state index in [1.54, 1.807) is 48.5 Å². The third kappa shape index (κ3) is 3.58. The van der Waals surface area contributed by atoms with Crippen molar-refractivity contribution < 1.29 is 23.8 Å². The molecule has 0 fully saturated rings. The number of nitrogens with one attached hydrogen (secondary N) is 2. The Hall–Kier alpha value is -4.00. The van der Waals surface area contributed by atoms with Crippen molar-refractivity contribution in [1.82, 2.24) is 0 Å². The maximum absolute atomic E-state index is 12.6. The van der Waals surface area contributed by atoms with Crippen LogP contribution in [0.1, 0.15) is 20.7 Å². The summed E-state index contributed by atoms with van der Waals surface area (Å²) in [7, 11) is 3.03. The highest BCUT2D eigenvalue weighted by molar-refractivity contribution is 6.10. The van der Waals surface area contributed by atoms with E-state index < -0.39 is 0 Å². The summed E-state index contributed by atoms with van der Waals surface area (Å²) >= 11 is 0. The number of hydrogen-bond donors (Lipinski definition) is 2. The van der Waals surface area contributed by atoms with Crippen LogP contribution in [-0.2, 0) is 0 Å². The van der Waals surface area contributed by atoms with E-state index >= 15 is 0 Å². The second-order valence-corrected chi connectivity index (χ2v) is 6.29. The fraction of sp³-hybridized carbons (Fsp3) is 0.0909. The Bertz CT molecular complexity index is 1110. The molecule has 3 aromatic carbocycles. The van der Waals surface area contributed by atoms with Crippen molar-refractivity contribution >= 4 is 23.2 Å². The number of carbonyl (C=O) groups excluding carboxylic acids is 2. The first-order valence-corrected chi connectivity index (χ1v) is 8.84. The highest BCUT2D eigenvalue weighted by Gasteiger charge is 2.21. The Balaban J connectivity index is 1.59. The van der Waals surface area contributed by atoms with Gasteiger partial charge in [-0.15, -0.1) is 0 Å². The van der Waals surface area contributed by atoms with Gasteiger partial charge in [0.15, 0.2) is 17.2 Å². The molecular formula is C22H18N2O5. The van der Waals surface area contributed by atoms with Gasteiger partial charge in [-0.3, -0.25) is 9.59 Å². The molecular weight excluding hydrogens is 372 g/mol. The monoisotopic (exact) mass is 390 g/mol. The molecule has 0 unspecified atom stereocenters. The lowest BCUT2D eigenvalue weighted by Gasteiger charge is -2.11. The van der Waals surface area contributed by atoms with Crippen LogP contribution in [-0.4, -0.2) is 26.0 Å². The van der Waals surface area contributed by atoms with Crippen LogP contribution in [0.25, 0.3) is 0 Å². The van der Waals surface area contributed by atoms with E-state index in [1.807, 2.05) is 12.1 Å². The van der Waals surface area contributed by atoms with Crippen molar-refractivity contribution in [2.75, 3.05) is 24.9 Å². The summed E-state index contributed by atoms with van der Waals surface area (Å²) < 4.78 is 16.3. The number of anilines is 2. The van der Waals surface area contributed by atoms with Gasteiger partial charge in [0.05, 0.1) is 25.5 Å². The summed E-state index contributed by atoms with van der Waals surface area (Å²) in [5, 5.41) is 5.60. The lowest BCUT2D eigenvalue weighted by Crippen LogP contribution is -2.14. The van der Waals surface area contributed by atoms with Gasteiger partial charge in [0.1, 0.15) is 5.75 Å². The number of methoxy groups -OCH3 is 2. The summed E-state index contributed by atoms with van der Waals surface area (Å²) in [5.41, 5.74) is 1.77. The van der Waals surface area contributed by atoms with E-state index in [2.05, 4.69) is 10.6 Å². The third-order valence-corrected chi connectivity index (χ3v) is 4.48. The van der Waals surface area contributed by atoms with Crippen molar-refractivity contribution in [3.05, 3.63) is 71.8 Å². The summed E-state index contributed by atoms with van der Waals surface area (Å²) in [6.45, 7) is 0. The Kier molecular flexibility index (Phi) is 4.78. The minimum atomic E-state index is -0.343. The summed E-state index contributed by atoms with van der Waals surface area (Å²) in [4.78, 5) is 25.2. The van der Waals surface area contributed by atoms with E-state index in [-0.39, 0.29) is 11.8 Å². The predicted octanol–water partition coefficient (Wildman–Crippen LogP) is 4.31. The van der Waals surface area contributed by atoms with Crippen LogP contribution in [0.3, 0.4) is 0 Å². The molecule has 0 atom stereocenters. The summed E-state index contributed by atoms with van der Waals surface area (Å²) in [6.07, 6.45) is 0. The maximum Gasteiger partial charge on any atom is 0.259 e. The second kappa shape index (κ2) is 7.55.